The summed E-state index contributed by atoms with van der Waals surface area (Å²) in [6.45, 7) is 0.381. The lowest BCUT2D eigenvalue weighted by molar-refractivity contribution is 0.0951. The second kappa shape index (κ2) is 5.22. The molecule has 94 valence electrons. The van der Waals surface area contributed by atoms with Gasteiger partial charge in [-0.2, -0.15) is 5.10 Å². The number of nitrogens with one attached hydrogen (secondary N) is 1. The van der Waals surface area contributed by atoms with Crippen LogP contribution in [0.1, 0.15) is 16.1 Å². The number of halogens is 1. The molecule has 1 heterocycles. The number of amides is 1. The van der Waals surface area contributed by atoms with Gasteiger partial charge in [-0.3, -0.25) is 9.48 Å². The van der Waals surface area contributed by atoms with E-state index in [1.54, 1.807) is 22.9 Å². The highest BCUT2D eigenvalue weighted by Gasteiger charge is 2.10. The Balaban J connectivity index is 2.05. The van der Waals surface area contributed by atoms with Crippen LogP contribution in [0.25, 0.3) is 0 Å². The molecule has 0 saturated heterocycles. The normalized spacial score (nSPS) is 10.3. The SMILES string of the molecule is Cn1ccc(CNC(=O)c2cc(Br)ccc2N)n1. The second-order valence-corrected chi connectivity index (χ2v) is 4.81. The average Bonchev–Trinajstić information content (AvgIpc) is 2.75. The second-order valence-electron chi connectivity index (χ2n) is 3.89. The number of carbonyl (C=O) groups is 1. The molecule has 0 fully saturated rings. The highest BCUT2D eigenvalue weighted by Crippen LogP contribution is 2.18. The molecule has 18 heavy (non-hydrogen) atoms. The molecule has 5 nitrogen and oxygen atoms in total. The molecule has 0 bridgehead atoms. The number of anilines is 1. The number of hydrogen-bond acceptors (Lipinski definition) is 3. The van der Waals surface area contributed by atoms with Crippen LogP contribution in [0.3, 0.4) is 0 Å². The highest BCUT2D eigenvalue weighted by atomic mass is 79.9. The third-order valence-electron chi connectivity index (χ3n) is 2.46. The number of benzene rings is 1. The predicted molar refractivity (Wildman–Crippen MR) is 72.9 cm³/mol. The third-order valence-corrected chi connectivity index (χ3v) is 2.95. The summed E-state index contributed by atoms with van der Waals surface area (Å²) in [5, 5.41) is 6.96. The quantitative estimate of drug-likeness (QED) is 0.848. The molecular weight excluding hydrogens is 296 g/mol. The fourth-order valence-corrected chi connectivity index (χ4v) is 1.91. The van der Waals surface area contributed by atoms with Crippen LogP contribution < -0.4 is 11.1 Å². The first kappa shape index (κ1) is 12.6. The van der Waals surface area contributed by atoms with Crippen molar-refractivity contribution in [1.82, 2.24) is 15.1 Å². The smallest absolute Gasteiger partial charge is 0.253 e. The number of hydrogen-bond donors (Lipinski definition) is 2. The summed E-state index contributed by atoms with van der Waals surface area (Å²) in [6.07, 6.45) is 1.83. The van der Waals surface area contributed by atoms with Crippen molar-refractivity contribution >= 4 is 27.5 Å². The van der Waals surface area contributed by atoms with E-state index < -0.39 is 0 Å². The summed E-state index contributed by atoms with van der Waals surface area (Å²) in [5.41, 5.74) is 7.48. The molecule has 0 aliphatic rings. The fraction of sp³-hybridized carbons (Fsp3) is 0.167. The van der Waals surface area contributed by atoms with Crippen LogP contribution in [0.15, 0.2) is 34.9 Å². The van der Waals surface area contributed by atoms with E-state index >= 15 is 0 Å². The van der Waals surface area contributed by atoms with Crippen LogP contribution in [0.2, 0.25) is 0 Å². The third kappa shape index (κ3) is 2.89. The predicted octanol–water partition coefficient (Wildman–Crippen LogP) is 1.69. The zero-order valence-corrected chi connectivity index (χ0v) is 11.4. The number of rotatable bonds is 3. The van der Waals surface area contributed by atoms with E-state index in [1.807, 2.05) is 19.3 Å². The van der Waals surface area contributed by atoms with Crippen molar-refractivity contribution in [2.24, 2.45) is 7.05 Å². The summed E-state index contributed by atoms with van der Waals surface area (Å²) < 4.78 is 2.51. The maximum absolute atomic E-state index is 12.0. The number of nitrogens with two attached hydrogens (primary N) is 1. The van der Waals surface area contributed by atoms with Crippen molar-refractivity contribution in [3.05, 3.63) is 46.2 Å². The molecule has 0 radical (unpaired) electrons. The molecule has 6 heteroatoms. The molecule has 0 spiro atoms. The standard InChI is InChI=1S/C12H13BrN4O/c1-17-5-4-9(16-17)7-15-12(18)10-6-8(13)2-3-11(10)14/h2-6H,7,14H2,1H3,(H,15,18). The van der Waals surface area contributed by atoms with E-state index in [2.05, 4.69) is 26.3 Å². The summed E-state index contributed by atoms with van der Waals surface area (Å²) in [7, 11) is 1.83. The molecule has 3 N–H and O–H groups in total. The summed E-state index contributed by atoms with van der Waals surface area (Å²) >= 11 is 3.31. The maximum atomic E-state index is 12.0. The van der Waals surface area contributed by atoms with Crippen molar-refractivity contribution < 1.29 is 4.79 Å². The number of nitrogens with zero attached hydrogens (tertiary/aromatic N) is 2. The van der Waals surface area contributed by atoms with Crippen LogP contribution in [0, 0.1) is 0 Å². The first-order chi connectivity index (χ1) is 8.56. The summed E-state index contributed by atoms with van der Waals surface area (Å²) in [5.74, 6) is -0.209. The molecule has 0 atom stereocenters. The number of carbonyl (C=O) groups excluding carboxylic acids is 1. The van der Waals surface area contributed by atoms with E-state index in [9.17, 15) is 4.79 Å². The van der Waals surface area contributed by atoms with Gasteiger partial charge in [0.05, 0.1) is 17.8 Å². The van der Waals surface area contributed by atoms with Crippen LogP contribution in [-0.4, -0.2) is 15.7 Å². The number of nitrogen functional groups attached to an aromatic ring is 1. The first-order valence-corrected chi connectivity index (χ1v) is 6.17. The minimum Gasteiger partial charge on any atom is -0.398 e. The Morgan fingerprint density at radius 1 is 1.50 bits per heavy atom. The van der Waals surface area contributed by atoms with Gasteiger partial charge in [0.1, 0.15) is 0 Å². The maximum Gasteiger partial charge on any atom is 0.253 e. The van der Waals surface area contributed by atoms with Gasteiger partial charge in [0, 0.05) is 23.4 Å². The average molecular weight is 309 g/mol. The van der Waals surface area contributed by atoms with Crippen molar-refractivity contribution in [3.63, 3.8) is 0 Å². The van der Waals surface area contributed by atoms with Crippen molar-refractivity contribution in [3.8, 4) is 0 Å². The molecule has 2 aromatic rings. The topological polar surface area (TPSA) is 72.9 Å². The van der Waals surface area contributed by atoms with Gasteiger partial charge in [0.15, 0.2) is 0 Å². The zero-order valence-electron chi connectivity index (χ0n) is 9.85. The van der Waals surface area contributed by atoms with Gasteiger partial charge in [0.25, 0.3) is 5.91 Å². The van der Waals surface area contributed by atoms with Crippen LogP contribution in [0.4, 0.5) is 5.69 Å². The van der Waals surface area contributed by atoms with E-state index in [-0.39, 0.29) is 5.91 Å². The molecule has 1 aromatic carbocycles. The van der Waals surface area contributed by atoms with Crippen LogP contribution >= 0.6 is 15.9 Å². The highest BCUT2D eigenvalue weighted by molar-refractivity contribution is 9.10. The van der Waals surface area contributed by atoms with Gasteiger partial charge in [0.2, 0.25) is 0 Å². The summed E-state index contributed by atoms with van der Waals surface area (Å²) in [6, 6.07) is 7.04. The van der Waals surface area contributed by atoms with E-state index in [0.29, 0.717) is 17.8 Å². The fourth-order valence-electron chi connectivity index (χ4n) is 1.55. The zero-order chi connectivity index (χ0) is 13.1. The van der Waals surface area contributed by atoms with Crippen molar-refractivity contribution in [2.75, 3.05) is 5.73 Å². The van der Waals surface area contributed by atoms with Gasteiger partial charge < -0.3 is 11.1 Å². The van der Waals surface area contributed by atoms with Gasteiger partial charge in [-0.25, -0.2) is 0 Å². The molecule has 0 aliphatic carbocycles. The minimum atomic E-state index is -0.209. The number of aromatic nitrogens is 2. The van der Waals surface area contributed by atoms with Crippen LogP contribution in [-0.2, 0) is 13.6 Å². The summed E-state index contributed by atoms with van der Waals surface area (Å²) in [4.78, 5) is 12.0. The molecule has 1 amide bonds. The lowest BCUT2D eigenvalue weighted by Gasteiger charge is -2.06. The Labute approximate surface area is 113 Å². The molecule has 0 unspecified atom stereocenters. The first-order valence-electron chi connectivity index (χ1n) is 5.38. The molecule has 2 rings (SSSR count). The molecule has 1 aromatic heterocycles. The van der Waals surface area contributed by atoms with Crippen LogP contribution in [0.5, 0.6) is 0 Å². The van der Waals surface area contributed by atoms with E-state index in [0.717, 1.165) is 10.2 Å². The lowest BCUT2D eigenvalue weighted by Crippen LogP contribution is -2.24. The van der Waals surface area contributed by atoms with Gasteiger partial charge >= 0.3 is 0 Å². The van der Waals surface area contributed by atoms with Gasteiger partial charge in [-0.15, -0.1) is 0 Å². The molecular formula is C12H13BrN4O. The van der Waals surface area contributed by atoms with Gasteiger partial charge in [-0.05, 0) is 24.3 Å². The lowest BCUT2D eigenvalue weighted by atomic mass is 10.1. The Hall–Kier alpha value is -1.82. The Morgan fingerprint density at radius 3 is 2.94 bits per heavy atom. The van der Waals surface area contributed by atoms with Gasteiger partial charge in [-0.1, -0.05) is 15.9 Å². The molecule has 0 aliphatic heterocycles. The van der Waals surface area contributed by atoms with Crippen molar-refractivity contribution in [2.45, 2.75) is 6.54 Å². The number of aryl methyl sites for hydroxylation is 1. The monoisotopic (exact) mass is 308 g/mol. The Morgan fingerprint density at radius 2 is 2.28 bits per heavy atom. The molecule has 0 saturated carbocycles. The Bertz CT molecular complexity index is 579. The largest absolute Gasteiger partial charge is 0.398 e. The Kier molecular flexibility index (Phi) is 3.66. The van der Waals surface area contributed by atoms with E-state index in [1.165, 1.54) is 0 Å². The van der Waals surface area contributed by atoms with E-state index in [4.69, 9.17) is 5.73 Å². The minimum absolute atomic E-state index is 0.209. The van der Waals surface area contributed by atoms with Crippen molar-refractivity contribution in [1.29, 1.82) is 0 Å².